The van der Waals surface area contributed by atoms with Crippen LogP contribution in [0, 0.1) is 0 Å². The number of rotatable bonds is 2. The molecule has 0 fully saturated rings. The molecule has 78 valence electrons. The SMILES string of the molecule is OB(O)C1=CC=CCC1=CC1=COCO1. The minimum absolute atomic E-state index is 0.218. The highest BCUT2D eigenvalue weighted by atomic mass is 16.7. The second-order valence-electron chi connectivity index (χ2n) is 3.25. The maximum absolute atomic E-state index is 9.14. The van der Waals surface area contributed by atoms with E-state index in [1.165, 1.54) is 6.26 Å². The van der Waals surface area contributed by atoms with Crippen molar-refractivity contribution >= 4 is 7.12 Å². The molecule has 0 aromatic heterocycles. The molecule has 0 radical (unpaired) electrons. The van der Waals surface area contributed by atoms with Crippen molar-refractivity contribution < 1.29 is 19.5 Å². The van der Waals surface area contributed by atoms with Crippen LogP contribution in [0.3, 0.4) is 0 Å². The van der Waals surface area contributed by atoms with E-state index in [4.69, 9.17) is 19.5 Å². The van der Waals surface area contributed by atoms with Gasteiger partial charge in [0.15, 0.2) is 5.76 Å². The van der Waals surface area contributed by atoms with Crippen molar-refractivity contribution in [3.8, 4) is 0 Å². The first-order valence-corrected chi connectivity index (χ1v) is 4.66. The van der Waals surface area contributed by atoms with Gasteiger partial charge in [0.1, 0.15) is 6.26 Å². The number of allylic oxidation sites excluding steroid dienone is 6. The molecule has 0 aromatic rings. The Balaban J connectivity index is 2.21. The molecular weight excluding hydrogens is 195 g/mol. The molecular formula is C10H11BO4. The first kappa shape index (κ1) is 10.1. The second kappa shape index (κ2) is 4.38. The largest absolute Gasteiger partial charge is 0.488 e. The Labute approximate surface area is 88.0 Å². The zero-order chi connectivity index (χ0) is 10.7. The van der Waals surface area contributed by atoms with Crippen molar-refractivity contribution in [1.82, 2.24) is 0 Å². The molecule has 4 nitrogen and oxygen atoms in total. The van der Waals surface area contributed by atoms with E-state index in [0.29, 0.717) is 17.7 Å². The van der Waals surface area contributed by atoms with Crippen molar-refractivity contribution in [3.05, 3.63) is 47.4 Å². The van der Waals surface area contributed by atoms with Gasteiger partial charge in [-0.05, 0) is 23.5 Å². The Kier molecular flexibility index (Phi) is 2.94. The summed E-state index contributed by atoms with van der Waals surface area (Å²) in [4.78, 5) is 0. The summed E-state index contributed by atoms with van der Waals surface area (Å²) in [6, 6.07) is 0. The van der Waals surface area contributed by atoms with Gasteiger partial charge in [-0.25, -0.2) is 0 Å². The van der Waals surface area contributed by atoms with Crippen LogP contribution in [0.5, 0.6) is 0 Å². The summed E-state index contributed by atoms with van der Waals surface area (Å²) < 4.78 is 10.0. The van der Waals surface area contributed by atoms with Gasteiger partial charge in [0.2, 0.25) is 6.79 Å². The molecule has 0 atom stereocenters. The van der Waals surface area contributed by atoms with E-state index in [9.17, 15) is 0 Å². The lowest BCUT2D eigenvalue weighted by Crippen LogP contribution is -2.18. The predicted octanol–water partition coefficient (Wildman–Crippen LogP) is 0.657. The molecule has 2 aliphatic rings. The van der Waals surface area contributed by atoms with Gasteiger partial charge < -0.3 is 19.5 Å². The fourth-order valence-corrected chi connectivity index (χ4v) is 1.49. The van der Waals surface area contributed by atoms with Crippen LogP contribution in [-0.4, -0.2) is 24.0 Å². The molecule has 2 N–H and O–H groups in total. The van der Waals surface area contributed by atoms with Crippen molar-refractivity contribution in [2.24, 2.45) is 0 Å². The van der Waals surface area contributed by atoms with Crippen LogP contribution < -0.4 is 0 Å². The molecule has 0 amide bonds. The van der Waals surface area contributed by atoms with Crippen LogP contribution >= 0.6 is 0 Å². The molecule has 1 heterocycles. The molecule has 15 heavy (non-hydrogen) atoms. The number of ether oxygens (including phenoxy) is 2. The maximum Gasteiger partial charge on any atom is 0.488 e. The summed E-state index contributed by atoms with van der Waals surface area (Å²) in [5, 5.41) is 18.3. The van der Waals surface area contributed by atoms with Crippen LogP contribution in [-0.2, 0) is 9.47 Å². The van der Waals surface area contributed by atoms with Crippen molar-refractivity contribution in [2.45, 2.75) is 6.42 Å². The minimum atomic E-state index is -1.45. The highest BCUT2D eigenvalue weighted by Crippen LogP contribution is 2.23. The third-order valence-corrected chi connectivity index (χ3v) is 2.21. The zero-order valence-corrected chi connectivity index (χ0v) is 8.09. The molecule has 5 heteroatoms. The lowest BCUT2D eigenvalue weighted by molar-refractivity contribution is 0.0844. The Morgan fingerprint density at radius 1 is 1.40 bits per heavy atom. The van der Waals surface area contributed by atoms with E-state index < -0.39 is 7.12 Å². The molecule has 0 aromatic carbocycles. The van der Waals surface area contributed by atoms with Crippen molar-refractivity contribution in [1.29, 1.82) is 0 Å². The van der Waals surface area contributed by atoms with Gasteiger partial charge in [0, 0.05) is 0 Å². The smallest absolute Gasteiger partial charge is 0.461 e. The number of hydrogen-bond donors (Lipinski definition) is 2. The quantitative estimate of drug-likeness (QED) is 0.651. The summed E-state index contributed by atoms with van der Waals surface area (Å²) in [5.41, 5.74) is 1.32. The van der Waals surface area contributed by atoms with Gasteiger partial charge in [-0.3, -0.25) is 0 Å². The normalized spacial score (nSPS) is 21.9. The van der Waals surface area contributed by atoms with Crippen LogP contribution in [0.4, 0.5) is 0 Å². The average Bonchev–Trinajstić information content (AvgIpc) is 2.71. The Hall–Kier alpha value is -1.46. The van der Waals surface area contributed by atoms with Crippen LogP contribution in [0.15, 0.2) is 47.4 Å². The molecule has 2 rings (SSSR count). The van der Waals surface area contributed by atoms with Crippen molar-refractivity contribution in [3.63, 3.8) is 0 Å². The summed E-state index contributed by atoms with van der Waals surface area (Å²) in [6.07, 6.45) is 9.33. The van der Waals surface area contributed by atoms with Crippen molar-refractivity contribution in [2.75, 3.05) is 6.79 Å². The number of hydrogen-bond acceptors (Lipinski definition) is 4. The molecule has 0 saturated heterocycles. The minimum Gasteiger partial charge on any atom is -0.461 e. The molecule has 1 aliphatic carbocycles. The van der Waals surface area contributed by atoms with Gasteiger partial charge in [0.25, 0.3) is 0 Å². The van der Waals surface area contributed by atoms with Crippen LogP contribution in [0.25, 0.3) is 0 Å². The third kappa shape index (κ3) is 2.32. The predicted molar refractivity (Wildman–Crippen MR) is 55.2 cm³/mol. The van der Waals surface area contributed by atoms with Gasteiger partial charge in [-0.1, -0.05) is 18.2 Å². The summed E-state index contributed by atoms with van der Waals surface area (Å²) in [7, 11) is -1.45. The second-order valence-corrected chi connectivity index (χ2v) is 3.25. The summed E-state index contributed by atoms with van der Waals surface area (Å²) >= 11 is 0. The van der Waals surface area contributed by atoms with E-state index in [0.717, 1.165) is 5.57 Å². The van der Waals surface area contributed by atoms with Gasteiger partial charge in [-0.15, -0.1) is 0 Å². The van der Waals surface area contributed by atoms with E-state index in [-0.39, 0.29) is 6.79 Å². The first-order chi connectivity index (χ1) is 7.27. The monoisotopic (exact) mass is 206 g/mol. The van der Waals surface area contributed by atoms with E-state index >= 15 is 0 Å². The fourth-order valence-electron chi connectivity index (χ4n) is 1.49. The molecule has 0 saturated carbocycles. The molecule has 0 spiro atoms. The fraction of sp³-hybridized carbons (Fsp3) is 0.200. The first-order valence-electron chi connectivity index (χ1n) is 4.66. The Morgan fingerprint density at radius 3 is 2.93 bits per heavy atom. The third-order valence-electron chi connectivity index (χ3n) is 2.21. The van der Waals surface area contributed by atoms with E-state index in [2.05, 4.69) is 0 Å². The lowest BCUT2D eigenvalue weighted by atomic mass is 9.72. The Morgan fingerprint density at radius 2 is 2.27 bits per heavy atom. The standard InChI is InChI=1S/C10H11BO4/c12-11(13)10-4-2-1-3-8(10)5-9-6-14-7-15-9/h1-2,4-6,12-13H,3,7H2. The van der Waals surface area contributed by atoms with Gasteiger partial charge in [0.05, 0.1) is 0 Å². The van der Waals surface area contributed by atoms with Crippen LogP contribution in [0.2, 0.25) is 0 Å². The van der Waals surface area contributed by atoms with E-state index in [1.54, 1.807) is 18.2 Å². The molecule has 0 bridgehead atoms. The van der Waals surface area contributed by atoms with Crippen LogP contribution in [0.1, 0.15) is 6.42 Å². The Bertz CT molecular complexity index is 366. The lowest BCUT2D eigenvalue weighted by Gasteiger charge is -2.12. The van der Waals surface area contributed by atoms with Gasteiger partial charge in [-0.2, -0.15) is 0 Å². The highest BCUT2D eigenvalue weighted by molar-refractivity contribution is 6.52. The molecule has 1 aliphatic heterocycles. The molecule has 0 unspecified atom stereocenters. The van der Waals surface area contributed by atoms with Gasteiger partial charge >= 0.3 is 7.12 Å². The maximum atomic E-state index is 9.14. The zero-order valence-electron chi connectivity index (χ0n) is 8.09. The topological polar surface area (TPSA) is 58.9 Å². The summed E-state index contributed by atoms with van der Waals surface area (Å²) in [5.74, 6) is 0.604. The average molecular weight is 206 g/mol. The summed E-state index contributed by atoms with van der Waals surface area (Å²) in [6.45, 7) is 0.218. The highest BCUT2D eigenvalue weighted by Gasteiger charge is 2.20. The van der Waals surface area contributed by atoms with E-state index in [1.807, 2.05) is 6.08 Å².